The molecular formula is C36H44N4O8. The molecule has 256 valence electrons. The maximum absolute atomic E-state index is 12.2. The van der Waals surface area contributed by atoms with E-state index in [-0.39, 0.29) is 55.1 Å². The smallest absolute Gasteiger partial charge is 0.410 e. The quantitative estimate of drug-likeness (QED) is 0.224. The second kappa shape index (κ2) is 18.4. The van der Waals surface area contributed by atoms with E-state index < -0.39 is 12.0 Å². The molecule has 0 spiro atoms. The summed E-state index contributed by atoms with van der Waals surface area (Å²) in [7, 11) is 0. The number of hydrogen-bond acceptors (Lipinski definition) is 8. The molecule has 0 saturated carbocycles. The first kappa shape index (κ1) is 35.8. The number of benzene rings is 2. The highest BCUT2D eigenvalue weighted by Gasteiger charge is 2.38. The molecule has 2 aliphatic rings. The first-order valence-electron chi connectivity index (χ1n) is 16.4. The summed E-state index contributed by atoms with van der Waals surface area (Å²) in [5.74, 6) is -0.734. The zero-order valence-electron chi connectivity index (χ0n) is 27.2. The molecule has 2 aromatic carbocycles. The monoisotopic (exact) mass is 660 g/mol. The fourth-order valence-electron chi connectivity index (χ4n) is 6.47. The molecule has 2 N–H and O–H groups in total. The minimum Gasteiger partial charge on any atom is -0.466 e. The van der Waals surface area contributed by atoms with Gasteiger partial charge >= 0.3 is 18.2 Å². The zero-order valence-corrected chi connectivity index (χ0v) is 27.2. The average Bonchev–Trinajstić information content (AvgIpc) is 3.11. The van der Waals surface area contributed by atoms with Gasteiger partial charge < -0.3 is 29.2 Å². The van der Waals surface area contributed by atoms with Gasteiger partial charge in [-0.2, -0.15) is 5.10 Å². The maximum atomic E-state index is 12.2. The lowest BCUT2D eigenvalue weighted by molar-refractivity contribution is -0.152. The molecule has 12 heteroatoms. The summed E-state index contributed by atoms with van der Waals surface area (Å²) in [6.07, 6.45) is 4.45. The predicted molar refractivity (Wildman–Crippen MR) is 177 cm³/mol. The zero-order chi connectivity index (χ0) is 34.3. The van der Waals surface area contributed by atoms with Crippen LogP contribution < -0.4 is 5.56 Å². The molecule has 1 aromatic heterocycles. The number of carbonyl (C=O) groups excluding carboxylic acids is 3. The van der Waals surface area contributed by atoms with Crippen molar-refractivity contribution in [2.45, 2.75) is 64.0 Å². The Hall–Kier alpha value is -5.00. The Morgan fingerprint density at radius 2 is 1.62 bits per heavy atom. The second-order valence-corrected chi connectivity index (χ2v) is 12.0. The first-order valence-corrected chi connectivity index (χ1v) is 16.4. The number of piperidine rings is 2. The van der Waals surface area contributed by atoms with Gasteiger partial charge in [-0.3, -0.25) is 9.59 Å². The van der Waals surface area contributed by atoms with Crippen molar-refractivity contribution in [3.05, 3.63) is 100.0 Å². The first-order chi connectivity index (χ1) is 23.3. The van der Waals surface area contributed by atoms with Gasteiger partial charge in [-0.15, -0.1) is 0 Å². The number of nitrogens with zero attached hydrogens (tertiary/aromatic N) is 3. The van der Waals surface area contributed by atoms with Crippen LogP contribution in [0.4, 0.5) is 9.59 Å². The van der Waals surface area contributed by atoms with Crippen LogP contribution in [0.3, 0.4) is 0 Å². The predicted octanol–water partition coefficient (Wildman–Crippen LogP) is 5.04. The van der Waals surface area contributed by atoms with Gasteiger partial charge in [0, 0.05) is 43.9 Å². The van der Waals surface area contributed by atoms with Crippen LogP contribution in [0.2, 0.25) is 0 Å². The molecule has 3 heterocycles. The lowest BCUT2D eigenvalue weighted by Gasteiger charge is -2.40. The maximum Gasteiger partial charge on any atom is 0.410 e. The number of nitrogens with one attached hydrogen (secondary N) is 1. The Bertz CT molecular complexity index is 1530. The number of aldehydes is 1. The van der Waals surface area contributed by atoms with Gasteiger partial charge in [0.15, 0.2) is 0 Å². The number of H-pyrrole nitrogens is 1. The molecule has 2 amide bonds. The number of rotatable bonds is 10. The lowest BCUT2D eigenvalue weighted by Crippen LogP contribution is -2.48. The fraction of sp³-hybridized carbons (Fsp3) is 0.444. The molecule has 48 heavy (non-hydrogen) atoms. The van der Waals surface area contributed by atoms with E-state index in [9.17, 15) is 29.1 Å². The number of carbonyl (C=O) groups is 4. The summed E-state index contributed by atoms with van der Waals surface area (Å²) in [6.45, 7) is 3.85. The largest absolute Gasteiger partial charge is 0.466 e. The summed E-state index contributed by atoms with van der Waals surface area (Å²) in [6, 6.07) is 20.9. The molecule has 2 saturated heterocycles. The average molecular weight is 661 g/mol. The van der Waals surface area contributed by atoms with Gasteiger partial charge in [0.25, 0.3) is 5.56 Å². The molecule has 2 aliphatic heterocycles. The lowest BCUT2D eigenvalue weighted by atomic mass is 9.78. The van der Waals surface area contributed by atoms with E-state index in [1.54, 1.807) is 24.1 Å². The molecule has 12 nitrogen and oxygen atoms in total. The minimum atomic E-state index is -0.942. The number of amides is 2. The van der Waals surface area contributed by atoms with Crippen molar-refractivity contribution in [2.75, 3.05) is 26.2 Å². The molecule has 2 fully saturated rings. The highest BCUT2D eigenvalue weighted by atomic mass is 16.6. The van der Waals surface area contributed by atoms with Gasteiger partial charge in [-0.1, -0.05) is 60.7 Å². The Labute approximate surface area is 280 Å². The van der Waals surface area contributed by atoms with E-state index in [4.69, 9.17) is 9.47 Å². The normalized spacial score (nSPS) is 18.5. The molecule has 5 rings (SSSR count). The van der Waals surface area contributed by atoms with E-state index in [1.165, 1.54) is 4.90 Å². The third kappa shape index (κ3) is 10.2. The highest BCUT2D eigenvalue weighted by molar-refractivity contribution is 5.76. The third-order valence-corrected chi connectivity index (χ3v) is 8.98. The number of likely N-dealkylation sites (tertiary alicyclic amines) is 2. The second-order valence-electron chi connectivity index (χ2n) is 12.0. The number of hydrogen-bond donors (Lipinski definition) is 2. The third-order valence-electron chi connectivity index (χ3n) is 8.98. The highest BCUT2D eigenvalue weighted by Crippen LogP contribution is 2.33. The standard InChI is InChI=1S/C19H25NO5.C17H19N3O3/c1-2-25-18(22)17(9-11-21)15-8-10-20(19(23)24)16(13-15)12-14-6-4-3-5-7-14;21-16-15(6-9-18-19-16)14-7-10-20(11-8-14)17(22)23-12-13-4-2-1-3-5-13/h3-7,11,15-17H,2,8-10,12-13H2,1H3,(H,23,24);1-6,9,14H,7-8,10-12H2,(H,19,21). The Kier molecular flexibility index (Phi) is 13.7. The van der Waals surface area contributed by atoms with Crippen molar-refractivity contribution in [1.82, 2.24) is 20.0 Å². The van der Waals surface area contributed by atoms with Crippen molar-refractivity contribution in [1.29, 1.82) is 0 Å². The topological polar surface area (TPSA) is 159 Å². The Balaban J connectivity index is 0.000000217. The SMILES string of the molecule is CCOC(=O)C(CC=O)C1CCN(C(=O)O)C(Cc2ccccc2)C1.O=C(OCc1ccccc1)N1CCC(c2ccn[nH]c2=O)CC1. The van der Waals surface area contributed by atoms with Crippen LogP contribution in [0.15, 0.2) is 77.7 Å². The van der Waals surface area contributed by atoms with Crippen LogP contribution in [-0.2, 0) is 32.1 Å². The van der Waals surface area contributed by atoms with Crippen LogP contribution in [0, 0.1) is 11.8 Å². The van der Waals surface area contributed by atoms with E-state index in [1.807, 2.05) is 60.7 Å². The van der Waals surface area contributed by atoms with Crippen molar-refractivity contribution >= 4 is 24.4 Å². The van der Waals surface area contributed by atoms with Crippen molar-refractivity contribution in [3.8, 4) is 0 Å². The molecule has 0 bridgehead atoms. The van der Waals surface area contributed by atoms with E-state index in [2.05, 4.69) is 10.2 Å². The van der Waals surface area contributed by atoms with Crippen molar-refractivity contribution < 1.29 is 33.8 Å². The number of carboxylic acid groups (broad SMARTS) is 1. The number of aromatic nitrogens is 2. The summed E-state index contributed by atoms with van der Waals surface area (Å²) in [5, 5.41) is 15.7. The molecule has 3 atom stereocenters. The molecule has 0 radical (unpaired) electrons. The summed E-state index contributed by atoms with van der Waals surface area (Å²) in [4.78, 5) is 61.8. The number of aromatic amines is 1. The van der Waals surface area contributed by atoms with Gasteiger partial charge in [-0.05, 0) is 68.1 Å². The molecule has 0 aliphatic carbocycles. The van der Waals surface area contributed by atoms with E-state index in [0.29, 0.717) is 38.9 Å². The van der Waals surface area contributed by atoms with E-state index >= 15 is 0 Å². The van der Waals surface area contributed by atoms with Gasteiger partial charge in [0.05, 0.1) is 12.5 Å². The number of ether oxygens (including phenoxy) is 2. The minimum absolute atomic E-state index is 0.0476. The number of esters is 1. The van der Waals surface area contributed by atoms with Crippen LogP contribution in [-0.4, -0.2) is 81.8 Å². The van der Waals surface area contributed by atoms with Crippen LogP contribution >= 0.6 is 0 Å². The Morgan fingerprint density at radius 1 is 0.958 bits per heavy atom. The Morgan fingerprint density at radius 3 is 2.23 bits per heavy atom. The van der Waals surface area contributed by atoms with E-state index in [0.717, 1.165) is 35.8 Å². The summed E-state index contributed by atoms with van der Waals surface area (Å²) in [5.41, 5.74) is 2.64. The summed E-state index contributed by atoms with van der Waals surface area (Å²) >= 11 is 0. The van der Waals surface area contributed by atoms with Gasteiger partial charge in [-0.25, -0.2) is 14.7 Å². The molecule has 3 unspecified atom stereocenters. The molecular weight excluding hydrogens is 616 g/mol. The van der Waals surface area contributed by atoms with Crippen LogP contribution in [0.1, 0.15) is 61.6 Å². The summed E-state index contributed by atoms with van der Waals surface area (Å²) < 4.78 is 10.5. The fourth-order valence-corrected chi connectivity index (χ4v) is 6.47. The molecule has 3 aromatic rings. The van der Waals surface area contributed by atoms with Gasteiger partial charge in [0.1, 0.15) is 12.9 Å². The van der Waals surface area contributed by atoms with Gasteiger partial charge in [0.2, 0.25) is 0 Å². The van der Waals surface area contributed by atoms with Crippen molar-refractivity contribution in [2.24, 2.45) is 11.8 Å². The van der Waals surface area contributed by atoms with Crippen LogP contribution in [0.5, 0.6) is 0 Å². The van der Waals surface area contributed by atoms with Crippen molar-refractivity contribution in [3.63, 3.8) is 0 Å². The van der Waals surface area contributed by atoms with Crippen LogP contribution in [0.25, 0.3) is 0 Å².